The highest BCUT2D eigenvalue weighted by Gasteiger charge is 2.34. The van der Waals surface area contributed by atoms with Crippen molar-refractivity contribution in [3.8, 4) is 5.82 Å². The summed E-state index contributed by atoms with van der Waals surface area (Å²) >= 11 is 16.1. The number of halogens is 3. The van der Waals surface area contributed by atoms with E-state index in [0.29, 0.717) is 43.0 Å². The molecule has 2 amide bonds. The summed E-state index contributed by atoms with van der Waals surface area (Å²) < 4.78 is 1.77. The van der Waals surface area contributed by atoms with E-state index in [1.165, 1.54) is 4.68 Å². The first kappa shape index (κ1) is 27.8. The van der Waals surface area contributed by atoms with Crippen LogP contribution in [0.25, 0.3) is 5.82 Å². The van der Waals surface area contributed by atoms with Crippen molar-refractivity contribution in [2.75, 3.05) is 16.8 Å². The van der Waals surface area contributed by atoms with Crippen molar-refractivity contribution in [1.82, 2.24) is 14.8 Å². The Morgan fingerprint density at radius 2 is 1.82 bits per heavy atom. The number of rotatable bonds is 7. The highest BCUT2D eigenvalue weighted by atomic mass is 79.9. The first-order valence-corrected chi connectivity index (χ1v) is 13.2. The topological polar surface area (TPSA) is 106 Å². The molecule has 38 heavy (non-hydrogen) atoms. The van der Waals surface area contributed by atoms with Crippen LogP contribution in [0, 0.1) is 6.92 Å². The molecule has 8 nitrogen and oxygen atoms in total. The third-order valence-corrected chi connectivity index (χ3v) is 6.84. The first-order chi connectivity index (χ1) is 18.0. The fraction of sp³-hybridized carbons (Fsp3) is 0.185. The molecule has 0 saturated heterocycles. The van der Waals surface area contributed by atoms with Gasteiger partial charge in [0.25, 0.3) is 11.8 Å². The minimum atomic E-state index is -0.824. The van der Waals surface area contributed by atoms with Gasteiger partial charge in [0.1, 0.15) is 10.3 Å². The molecule has 11 heteroatoms. The summed E-state index contributed by atoms with van der Waals surface area (Å²) in [7, 11) is 0. The number of hydrogen-bond acceptors (Lipinski definition) is 5. The van der Waals surface area contributed by atoms with E-state index in [9.17, 15) is 9.59 Å². The molecule has 0 aliphatic heterocycles. The largest absolute Gasteiger partial charge is 0.328 e. The smallest absolute Gasteiger partial charge is 0.274 e. The number of hydrogen-bond donors (Lipinski definition) is 2. The maximum Gasteiger partial charge on any atom is 0.274 e. The number of nitrogens with two attached hydrogens (primary N) is 1. The van der Waals surface area contributed by atoms with Gasteiger partial charge in [0, 0.05) is 29.4 Å². The van der Waals surface area contributed by atoms with E-state index in [-0.39, 0.29) is 18.1 Å². The maximum absolute atomic E-state index is 13.8. The average Bonchev–Trinajstić information content (AvgIpc) is 3.28. The molecule has 0 radical (unpaired) electrons. The SMILES string of the molecule is Cc1cc(Cl)cc(N(C(=O)c2ccccc2)C(C)(C)CN)c1NC(=O)c1cc(Br)nn1-c1ncccc1Cl. The molecule has 0 atom stereocenters. The van der Waals surface area contributed by atoms with E-state index in [1.807, 2.05) is 19.9 Å². The van der Waals surface area contributed by atoms with Gasteiger partial charge in [0.05, 0.1) is 21.9 Å². The van der Waals surface area contributed by atoms with Gasteiger partial charge >= 0.3 is 0 Å². The quantitative estimate of drug-likeness (QED) is 0.254. The van der Waals surface area contributed by atoms with Crippen LogP contribution in [-0.2, 0) is 0 Å². The van der Waals surface area contributed by atoms with Gasteiger partial charge in [-0.05, 0) is 78.7 Å². The zero-order valence-electron chi connectivity index (χ0n) is 20.9. The zero-order chi connectivity index (χ0) is 27.6. The van der Waals surface area contributed by atoms with E-state index in [2.05, 4.69) is 31.3 Å². The van der Waals surface area contributed by atoms with Crippen LogP contribution in [-0.4, -0.2) is 38.7 Å². The number of carbonyl (C=O) groups is 2. The second-order valence-electron chi connectivity index (χ2n) is 9.17. The summed E-state index contributed by atoms with van der Waals surface area (Å²) in [6, 6.07) is 17.1. The third kappa shape index (κ3) is 5.61. The molecule has 4 rings (SSSR count). The van der Waals surface area contributed by atoms with E-state index in [4.69, 9.17) is 28.9 Å². The highest BCUT2D eigenvalue weighted by Crippen LogP contribution is 2.38. The Bertz CT molecular complexity index is 1510. The van der Waals surface area contributed by atoms with Gasteiger partial charge < -0.3 is 11.1 Å². The number of aromatic nitrogens is 3. The summed E-state index contributed by atoms with van der Waals surface area (Å²) in [5.74, 6) is -0.483. The lowest BCUT2D eigenvalue weighted by Crippen LogP contribution is -2.53. The van der Waals surface area contributed by atoms with E-state index in [1.54, 1.807) is 72.6 Å². The van der Waals surface area contributed by atoms with Crippen molar-refractivity contribution in [1.29, 1.82) is 0 Å². The van der Waals surface area contributed by atoms with Crippen LogP contribution in [0.5, 0.6) is 0 Å². The molecule has 0 spiro atoms. The monoisotopic (exact) mass is 614 g/mol. The van der Waals surface area contributed by atoms with Crippen molar-refractivity contribution in [2.45, 2.75) is 26.3 Å². The molecular weight excluding hydrogens is 591 g/mol. The van der Waals surface area contributed by atoms with Crippen LogP contribution in [0.3, 0.4) is 0 Å². The van der Waals surface area contributed by atoms with Crippen molar-refractivity contribution in [2.24, 2.45) is 5.73 Å². The number of nitrogens with zero attached hydrogens (tertiary/aromatic N) is 4. The Balaban J connectivity index is 1.83. The van der Waals surface area contributed by atoms with Crippen LogP contribution in [0.2, 0.25) is 10.0 Å². The normalized spacial score (nSPS) is 11.3. The van der Waals surface area contributed by atoms with Crippen LogP contribution in [0.4, 0.5) is 11.4 Å². The summed E-state index contributed by atoms with van der Waals surface area (Å²) in [6.07, 6.45) is 1.56. The van der Waals surface area contributed by atoms with Crippen molar-refractivity contribution < 1.29 is 9.59 Å². The van der Waals surface area contributed by atoms with E-state index >= 15 is 0 Å². The molecule has 3 N–H and O–H groups in total. The Morgan fingerprint density at radius 3 is 2.47 bits per heavy atom. The zero-order valence-corrected chi connectivity index (χ0v) is 24.0. The fourth-order valence-electron chi connectivity index (χ4n) is 3.96. The molecule has 0 bridgehead atoms. The molecular formula is C27H25BrCl2N6O2. The van der Waals surface area contributed by atoms with Gasteiger partial charge in [-0.15, -0.1) is 0 Å². The molecule has 0 aliphatic rings. The van der Waals surface area contributed by atoms with Crippen LogP contribution >= 0.6 is 39.1 Å². The predicted octanol–water partition coefficient (Wildman–Crippen LogP) is 6.28. The minimum Gasteiger partial charge on any atom is -0.328 e. The Hall–Kier alpha value is -3.24. The number of pyridine rings is 1. The molecule has 2 aromatic carbocycles. The lowest BCUT2D eigenvalue weighted by Gasteiger charge is -2.39. The number of anilines is 2. The Labute approximate surface area is 238 Å². The van der Waals surface area contributed by atoms with E-state index < -0.39 is 11.4 Å². The number of benzene rings is 2. The number of aryl methyl sites for hydroxylation is 1. The van der Waals surface area contributed by atoms with Gasteiger partial charge in [-0.2, -0.15) is 5.10 Å². The summed E-state index contributed by atoms with van der Waals surface area (Å²) in [5, 5.41) is 8.03. The van der Waals surface area contributed by atoms with E-state index in [0.717, 1.165) is 0 Å². The minimum absolute atomic E-state index is 0.155. The average molecular weight is 616 g/mol. The van der Waals surface area contributed by atoms with Crippen molar-refractivity contribution in [3.05, 3.63) is 98.3 Å². The fourth-order valence-corrected chi connectivity index (χ4v) is 4.81. The van der Waals surface area contributed by atoms with Crippen molar-refractivity contribution >= 4 is 62.3 Å². The van der Waals surface area contributed by atoms with Gasteiger partial charge in [0.15, 0.2) is 5.82 Å². The third-order valence-electron chi connectivity index (χ3n) is 5.94. The highest BCUT2D eigenvalue weighted by molar-refractivity contribution is 9.10. The maximum atomic E-state index is 13.8. The van der Waals surface area contributed by atoms with Crippen LogP contribution < -0.4 is 16.0 Å². The number of nitrogens with one attached hydrogen (secondary N) is 1. The molecule has 196 valence electrons. The molecule has 4 aromatic rings. The van der Waals surface area contributed by atoms with Gasteiger partial charge in [-0.3, -0.25) is 14.5 Å². The van der Waals surface area contributed by atoms with Crippen LogP contribution in [0.1, 0.15) is 40.3 Å². The Morgan fingerprint density at radius 1 is 1.11 bits per heavy atom. The standard InChI is InChI=1S/C27H25BrCl2N6O2/c1-16-12-18(29)13-20(35(27(2,3)15-31)26(38)17-8-5-4-6-9-17)23(16)33-25(37)21-14-22(28)34-36(21)24-19(30)10-7-11-32-24/h4-14H,15,31H2,1-3H3,(H,33,37). The number of carbonyl (C=O) groups excluding carboxylic acids is 2. The number of amides is 2. The van der Waals surface area contributed by atoms with Gasteiger partial charge in [0.2, 0.25) is 0 Å². The summed E-state index contributed by atoms with van der Waals surface area (Å²) in [5.41, 5.74) is 7.42. The molecule has 0 unspecified atom stereocenters. The molecule has 2 heterocycles. The Kier molecular flexibility index (Phi) is 8.22. The molecule has 2 aromatic heterocycles. The molecule has 0 aliphatic carbocycles. The second kappa shape index (κ2) is 11.2. The van der Waals surface area contributed by atoms with Gasteiger partial charge in [-0.25, -0.2) is 9.67 Å². The summed E-state index contributed by atoms with van der Waals surface area (Å²) in [6.45, 7) is 5.66. The molecule has 0 saturated carbocycles. The van der Waals surface area contributed by atoms with Crippen LogP contribution in [0.15, 0.2) is 71.5 Å². The second-order valence-corrected chi connectivity index (χ2v) is 10.8. The van der Waals surface area contributed by atoms with Crippen molar-refractivity contribution in [3.63, 3.8) is 0 Å². The summed E-state index contributed by atoms with van der Waals surface area (Å²) in [4.78, 5) is 33.4. The lowest BCUT2D eigenvalue weighted by molar-refractivity contribution is 0.0961. The predicted molar refractivity (Wildman–Crippen MR) is 155 cm³/mol. The lowest BCUT2D eigenvalue weighted by atomic mass is 9.98. The van der Waals surface area contributed by atoms with Gasteiger partial charge in [-0.1, -0.05) is 41.4 Å². The first-order valence-electron chi connectivity index (χ1n) is 11.6. The molecule has 0 fully saturated rings.